The summed E-state index contributed by atoms with van der Waals surface area (Å²) in [7, 11) is -3.70. The predicted octanol–water partition coefficient (Wildman–Crippen LogP) is 6.58. The normalized spacial score (nSPS) is 21.5. The smallest absolute Gasteiger partial charge is 0.261 e. The number of nitrogens with one attached hydrogen (secondary N) is 2. The molecule has 0 saturated carbocycles. The van der Waals surface area contributed by atoms with Crippen LogP contribution >= 0.6 is 11.6 Å². The van der Waals surface area contributed by atoms with Crippen molar-refractivity contribution < 1.29 is 8.42 Å². The molecule has 6 heteroatoms. The quantitative estimate of drug-likeness (QED) is 0.428. The van der Waals surface area contributed by atoms with Crippen molar-refractivity contribution in [3.63, 3.8) is 0 Å². The number of aryl methyl sites for hydroxylation is 2. The average molecular weight is 465 g/mol. The number of halogens is 1. The molecule has 0 bridgehead atoms. The van der Waals surface area contributed by atoms with Gasteiger partial charge in [-0.3, -0.25) is 4.72 Å². The zero-order chi connectivity index (χ0) is 22.5. The summed E-state index contributed by atoms with van der Waals surface area (Å²) in [5.41, 5.74) is 5.75. The number of benzene rings is 3. The van der Waals surface area contributed by atoms with E-state index in [0.717, 1.165) is 39.4 Å². The Morgan fingerprint density at radius 1 is 1.00 bits per heavy atom. The molecule has 1 aliphatic heterocycles. The van der Waals surface area contributed by atoms with Crippen molar-refractivity contribution in [2.24, 2.45) is 5.92 Å². The molecule has 0 saturated heterocycles. The van der Waals surface area contributed by atoms with Crippen LogP contribution < -0.4 is 10.0 Å². The number of allylic oxidation sites excluding steroid dienone is 2. The lowest BCUT2D eigenvalue weighted by Gasteiger charge is -2.37. The number of rotatable bonds is 4. The third kappa shape index (κ3) is 3.91. The van der Waals surface area contributed by atoms with E-state index in [9.17, 15) is 8.42 Å². The first-order valence-electron chi connectivity index (χ1n) is 10.7. The maximum Gasteiger partial charge on any atom is 0.261 e. The fourth-order valence-corrected chi connectivity index (χ4v) is 6.29. The van der Waals surface area contributed by atoms with E-state index in [4.69, 9.17) is 11.6 Å². The molecule has 3 atom stereocenters. The van der Waals surface area contributed by atoms with Crippen LogP contribution in [0.15, 0.2) is 77.7 Å². The van der Waals surface area contributed by atoms with Crippen LogP contribution in [0.3, 0.4) is 0 Å². The first-order chi connectivity index (χ1) is 15.3. The van der Waals surface area contributed by atoms with Gasteiger partial charge in [-0.25, -0.2) is 8.42 Å². The number of hydrogen-bond donors (Lipinski definition) is 2. The second kappa shape index (κ2) is 7.98. The fraction of sp³-hybridized carbons (Fsp3) is 0.231. The SMILES string of the molecule is Cc1cc(C)cc(NS(=O)(=O)c2ccc3c(c2)C2C=CCC2C(c2cccc(Cl)c2)N3)c1. The average Bonchev–Trinajstić information content (AvgIpc) is 3.22. The molecule has 0 aromatic heterocycles. The summed E-state index contributed by atoms with van der Waals surface area (Å²) in [6.45, 7) is 3.91. The van der Waals surface area contributed by atoms with E-state index in [2.05, 4.69) is 28.3 Å². The molecular weight excluding hydrogens is 440 g/mol. The highest BCUT2D eigenvalue weighted by molar-refractivity contribution is 7.92. The lowest BCUT2D eigenvalue weighted by Crippen LogP contribution is -2.29. The van der Waals surface area contributed by atoms with Gasteiger partial charge in [0, 0.05) is 22.3 Å². The number of hydrogen-bond acceptors (Lipinski definition) is 3. The minimum Gasteiger partial charge on any atom is -0.378 e. The predicted molar refractivity (Wildman–Crippen MR) is 131 cm³/mol. The zero-order valence-electron chi connectivity index (χ0n) is 18.0. The van der Waals surface area contributed by atoms with Gasteiger partial charge in [-0.2, -0.15) is 0 Å². The molecule has 3 aromatic carbocycles. The first-order valence-corrected chi connectivity index (χ1v) is 12.6. The summed E-state index contributed by atoms with van der Waals surface area (Å²) in [5, 5.41) is 4.36. The van der Waals surface area contributed by atoms with Gasteiger partial charge in [-0.1, -0.05) is 42.0 Å². The highest BCUT2D eigenvalue weighted by atomic mass is 35.5. The van der Waals surface area contributed by atoms with E-state index in [-0.39, 0.29) is 16.9 Å². The molecule has 32 heavy (non-hydrogen) atoms. The molecule has 2 aliphatic rings. The Kier molecular flexibility index (Phi) is 5.26. The van der Waals surface area contributed by atoms with Gasteiger partial charge in [-0.05, 0) is 90.9 Å². The van der Waals surface area contributed by atoms with Gasteiger partial charge in [0.1, 0.15) is 0 Å². The largest absolute Gasteiger partial charge is 0.378 e. The molecule has 3 aromatic rings. The van der Waals surface area contributed by atoms with Crippen LogP contribution in [0.5, 0.6) is 0 Å². The molecule has 2 N–H and O–H groups in total. The Morgan fingerprint density at radius 3 is 2.53 bits per heavy atom. The van der Waals surface area contributed by atoms with E-state index in [1.165, 1.54) is 0 Å². The second-order valence-corrected chi connectivity index (χ2v) is 10.9. The van der Waals surface area contributed by atoms with Crippen molar-refractivity contribution in [1.29, 1.82) is 0 Å². The molecule has 164 valence electrons. The lowest BCUT2D eigenvalue weighted by atomic mass is 9.77. The molecule has 0 amide bonds. The second-order valence-electron chi connectivity index (χ2n) is 8.76. The van der Waals surface area contributed by atoms with Crippen LogP contribution in [0.1, 0.15) is 40.6 Å². The summed E-state index contributed by atoms with van der Waals surface area (Å²) < 4.78 is 29.1. The first kappa shape index (κ1) is 21.1. The van der Waals surface area contributed by atoms with E-state index >= 15 is 0 Å². The Hall–Kier alpha value is -2.76. The minimum absolute atomic E-state index is 0.122. The summed E-state index contributed by atoms with van der Waals surface area (Å²) in [6.07, 6.45) is 5.33. The van der Waals surface area contributed by atoms with Gasteiger partial charge in [0.15, 0.2) is 0 Å². The monoisotopic (exact) mass is 464 g/mol. The molecule has 1 heterocycles. The number of sulfonamides is 1. The van der Waals surface area contributed by atoms with Crippen molar-refractivity contribution in [3.05, 3.63) is 100 Å². The van der Waals surface area contributed by atoms with Gasteiger partial charge in [-0.15, -0.1) is 0 Å². The van der Waals surface area contributed by atoms with Crippen LogP contribution in [0.2, 0.25) is 5.02 Å². The third-order valence-electron chi connectivity index (χ3n) is 6.33. The van der Waals surface area contributed by atoms with E-state index < -0.39 is 10.0 Å². The van der Waals surface area contributed by atoms with Gasteiger partial charge < -0.3 is 5.32 Å². The lowest BCUT2D eigenvalue weighted by molar-refractivity contribution is 0.425. The zero-order valence-corrected chi connectivity index (χ0v) is 19.5. The minimum atomic E-state index is -3.70. The molecular formula is C26H25ClN2O2S. The molecule has 5 rings (SSSR count). The maximum absolute atomic E-state index is 13.2. The molecule has 1 aliphatic carbocycles. The standard InChI is InChI=1S/C26H25ClN2O2S/c1-16-11-17(2)13-20(12-16)29-32(30,31)21-9-10-25-24(15-21)22-7-4-8-23(22)26(28-25)18-5-3-6-19(27)14-18/h3-7,9-15,22-23,26,28-29H,8H2,1-2H3. The maximum atomic E-state index is 13.2. The molecule has 0 spiro atoms. The summed E-state index contributed by atoms with van der Waals surface area (Å²) in [4.78, 5) is 0.275. The van der Waals surface area contributed by atoms with Crippen molar-refractivity contribution in [3.8, 4) is 0 Å². The molecule has 0 fully saturated rings. The molecule has 0 radical (unpaired) electrons. The van der Waals surface area contributed by atoms with Crippen molar-refractivity contribution in [2.75, 3.05) is 10.0 Å². The Morgan fingerprint density at radius 2 is 1.78 bits per heavy atom. The molecule has 3 unspecified atom stereocenters. The highest BCUT2D eigenvalue weighted by Gasteiger charge is 2.38. The summed E-state index contributed by atoms with van der Waals surface area (Å²) in [5.74, 6) is 0.470. The van der Waals surface area contributed by atoms with Gasteiger partial charge >= 0.3 is 0 Å². The number of anilines is 2. The summed E-state index contributed by atoms with van der Waals surface area (Å²) >= 11 is 6.25. The van der Waals surface area contributed by atoms with Gasteiger partial charge in [0.25, 0.3) is 10.0 Å². The Labute approximate surface area is 194 Å². The van der Waals surface area contributed by atoms with E-state index in [1.807, 2.05) is 62.4 Å². The molecule has 4 nitrogen and oxygen atoms in total. The van der Waals surface area contributed by atoms with Crippen LogP contribution in [0, 0.1) is 19.8 Å². The van der Waals surface area contributed by atoms with Crippen LogP contribution in [0.25, 0.3) is 0 Å². The number of fused-ring (bicyclic) bond motifs is 3. The van der Waals surface area contributed by atoms with Crippen LogP contribution in [0.4, 0.5) is 11.4 Å². The van der Waals surface area contributed by atoms with Crippen LogP contribution in [-0.4, -0.2) is 8.42 Å². The Balaban J connectivity index is 1.49. The van der Waals surface area contributed by atoms with Crippen LogP contribution in [-0.2, 0) is 10.0 Å². The van der Waals surface area contributed by atoms with Gasteiger partial charge in [0.05, 0.1) is 10.9 Å². The third-order valence-corrected chi connectivity index (χ3v) is 7.94. The Bertz CT molecular complexity index is 1310. The highest BCUT2D eigenvalue weighted by Crippen LogP contribution is 2.50. The fourth-order valence-electron chi connectivity index (χ4n) is 5.02. The van der Waals surface area contributed by atoms with E-state index in [1.54, 1.807) is 6.07 Å². The summed E-state index contributed by atoms with van der Waals surface area (Å²) in [6, 6.07) is 19.1. The topological polar surface area (TPSA) is 58.2 Å². The van der Waals surface area contributed by atoms with Crippen molar-refractivity contribution >= 4 is 33.0 Å². The van der Waals surface area contributed by atoms with Crippen molar-refractivity contribution in [2.45, 2.75) is 37.1 Å². The van der Waals surface area contributed by atoms with E-state index in [0.29, 0.717) is 11.6 Å². The van der Waals surface area contributed by atoms with Gasteiger partial charge in [0.2, 0.25) is 0 Å². The van der Waals surface area contributed by atoms with Crippen molar-refractivity contribution in [1.82, 2.24) is 0 Å².